The molecular weight excluding hydrogens is 277 g/mol. The molecule has 0 radical (unpaired) electrons. The second-order valence-electron chi connectivity index (χ2n) is 5.20. The minimum absolute atomic E-state index is 0.0247. The number of carbonyl (C=O) groups excluding carboxylic acids is 1. The van der Waals surface area contributed by atoms with E-state index in [4.69, 9.17) is 0 Å². The molecule has 2 rings (SSSR count). The van der Waals surface area contributed by atoms with Gasteiger partial charge in [-0.25, -0.2) is 4.79 Å². The minimum atomic E-state index is -4.99. The molecule has 1 amide bonds. The van der Waals surface area contributed by atoms with Crippen LogP contribution in [0.3, 0.4) is 0 Å². The fourth-order valence-corrected chi connectivity index (χ4v) is 2.73. The summed E-state index contributed by atoms with van der Waals surface area (Å²) in [6, 6.07) is 0. The van der Waals surface area contributed by atoms with E-state index in [0.717, 1.165) is 39.2 Å². The molecule has 114 valence electrons. The van der Waals surface area contributed by atoms with E-state index in [1.54, 1.807) is 0 Å². The lowest BCUT2D eigenvalue weighted by Crippen LogP contribution is -2.56. The van der Waals surface area contributed by atoms with Gasteiger partial charge in [-0.15, -0.1) is 0 Å². The highest BCUT2D eigenvalue weighted by Crippen LogP contribution is 2.43. The lowest BCUT2D eigenvalue weighted by atomic mass is 9.83. The molecule has 0 unspecified atom stereocenters. The summed E-state index contributed by atoms with van der Waals surface area (Å²) in [5.74, 6) is -0.104. The number of aliphatic hydroxyl groups is 1. The highest BCUT2D eigenvalue weighted by atomic mass is 19.4. The summed E-state index contributed by atoms with van der Waals surface area (Å²) >= 11 is 0. The summed E-state index contributed by atoms with van der Waals surface area (Å²) in [7, 11) is 0.952. The van der Waals surface area contributed by atoms with Gasteiger partial charge in [0.15, 0.2) is 0 Å². The molecule has 1 fully saturated rings. The van der Waals surface area contributed by atoms with Crippen LogP contribution in [-0.2, 0) is 4.74 Å². The molecule has 1 atom stereocenters. The highest BCUT2D eigenvalue weighted by molar-refractivity contribution is 5.91. The van der Waals surface area contributed by atoms with Gasteiger partial charge in [0.05, 0.1) is 7.11 Å². The molecule has 0 bridgehead atoms. The van der Waals surface area contributed by atoms with Crippen LogP contribution in [-0.4, -0.2) is 40.9 Å². The van der Waals surface area contributed by atoms with Crippen LogP contribution in [0.15, 0.2) is 5.10 Å². The molecule has 1 aliphatic carbocycles. The third-order valence-corrected chi connectivity index (χ3v) is 3.88. The monoisotopic (exact) mass is 294 g/mol. The smallest absolute Gasteiger partial charge is 0.439 e. The van der Waals surface area contributed by atoms with Gasteiger partial charge >= 0.3 is 12.3 Å². The number of methoxy groups -OCH3 is 1. The second kappa shape index (κ2) is 5.23. The molecular formula is C12H17F3N2O3. The van der Waals surface area contributed by atoms with E-state index in [1.165, 1.54) is 0 Å². The van der Waals surface area contributed by atoms with Crippen molar-refractivity contribution < 1.29 is 27.8 Å². The SMILES string of the molecule is COC(=O)N1N=C(C2CCCCC2)C[C@@]1(O)C(F)(F)F. The summed E-state index contributed by atoms with van der Waals surface area (Å²) in [5, 5.41) is 13.6. The Morgan fingerprint density at radius 2 is 2.00 bits per heavy atom. The van der Waals surface area contributed by atoms with Crippen molar-refractivity contribution in [3.63, 3.8) is 0 Å². The molecule has 1 saturated carbocycles. The molecule has 0 aromatic carbocycles. The van der Waals surface area contributed by atoms with Crippen LogP contribution < -0.4 is 0 Å². The maximum absolute atomic E-state index is 13.1. The molecule has 0 aromatic heterocycles. The van der Waals surface area contributed by atoms with E-state index in [9.17, 15) is 23.1 Å². The lowest BCUT2D eigenvalue weighted by Gasteiger charge is -2.31. The molecule has 0 saturated heterocycles. The number of carbonyl (C=O) groups is 1. The zero-order valence-corrected chi connectivity index (χ0v) is 11.1. The van der Waals surface area contributed by atoms with Gasteiger partial charge in [-0.05, 0) is 18.8 Å². The van der Waals surface area contributed by atoms with E-state index in [-0.39, 0.29) is 16.6 Å². The quantitative estimate of drug-likeness (QED) is 0.808. The van der Waals surface area contributed by atoms with Gasteiger partial charge in [0.25, 0.3) is 5.72 Å². The molecule has 1 N–H and O–H groups in total. The van der Waals surface area contributed by atoms with Crippen LogP contribution in [0.2, 0.25) is 0 Å². The van der Waals surface area contributed by atoms with Gasteiger partial charge in [-0.1, -0.05) is 19.3 Å². The van der Waals surface area contributed by atoms with E-state index >= 15 is 0 Å². The maximum atomic E-state index is 13.1. The van der Waals surface area contributed by atoms with Crippen LogP contribution in [0.1, 0.15) is 38.5 Å². The number of alkyl halides is 3. The molecule has 0 spiro atoms. The van der Waals surface area contributed by atoms with Crippen molar-refractivity contribution in [2.45, 2.75) is 50.4 Å². The predicted molar refractivity (Wildman–Crippen MR) is 63.9 cm³/mol. The topological polar surface area (TPSA) is 62.1 Å². The molecule has 8 heteroatoms. The summed E-state index contributed by atoms with van der Waals surface area (Å²) in [6.45, 7) is 0. The van der Waals surface area contributed by atoms with Gasteiger partial charge in [-0.3, -0.25) is 0 Å². The van der Waals surface area contributed by atoms with Gasteiger partial charge in [0.2, 0.25) is 0 Å². The molecule has 0 aromatic rings. The summed E-state index contributed by atoms with van der Waals surface area (Å²) in [4.78, 5) is 11.4. The number of amides is 1. The zero-order valence-electron chi connectivity index (χ0n) is 11.1. The van der Waals surface area contributed by atoms with E-state index in [2.05, 4.69) is 9.84 Å². The average molecular weight is 294 g/mol. The number of nitrogens with zero attached hydrogens (tertiary/aromatic N) is 2. The normalized spacial score (nSPS) is 28.4. The third-order valence-electron chi connectivity index (χ3n) is 3.88. The van der Waals surface area contributed by atoms with Crippen molar-refractivity contribution >= 4 is 11.8 Å². The largest absolute Gasteiger partial charge is 0.451 e. The summed E-state index contributed by atoms with van der Waals surface area (Å²) < 4.78 is 43.5. The predicted octanol–water partition coefficient (Wildman–Crippen LogP) is 2.65. The minimum Gasteiger partial charge on any atom is -0.451 e. The number of hydrogen-bond acceptors (Lipinski definition) is 4. The molecule has 2 aliphatic rings. The van der Waals surface area contributed by atoms with Crippen molar-refractivity contribution in [1.29, 1.82) is 0 Å². The zero-order chi connectivity index (χ0) is 15.0. The molecule has 5 nitrogen and oxygen atoms in total. The van der Waals surface area contributed by atoms with Gasteiger partial charge in [0.1, 0.15) is 0 Å². The van der Waals surface area contributed by atoms with Gasteiger partial charge in [-0.2, -0.15) is 23.3 Å². The first-order valence-electron chi connectivity index (χ1n) is 6.54. The van der Waals surface area contributed by atoms with Crippen LogP contribution in [0.4, 0.5) is 18.0 Å². The van der Waals surface area contributed by atoms with E-state index in [0.29, 0.717) is 0 Å². The maximum Gasteiger partial charge on any atom is 0.439 e. The number of rotatable bonds is 1. The average Bonchev–Trinajstić information content (AvgIpc) is 2.78. The lowest BCUT2D eigenvalue weighted by molar-refractivity contribution is -0.299. The highest BCUT2D eigenvalue weighted by Gasteiger charge is 2.64. The number of halogens is 3. The van der Waals surface area contributed by atoms with Crippen LogP contribution in [0.25, 0.3) is 0 Å². The Labute approximate surface area is 114 Å². The second-order valence-corrected chi connectivity index (χ2v) is 5.20. The van der Waals surface area contributed by atoms with E-state index in [1.807, 2.05) is 0 Å². The Morgan fingerprint density at radius 1 is 1.40 bits per heavy atom. The Kier molecular flexibility index (Phi) is 3.95. The number of hydrogen-bond donors (Lipinski definition) is 1. The Morgan fingerprint density at radius 3 is 2.50 bits per heavy atom. The van der Waals surface area contributed by atoms with Gasteiger partial charge in [0, 0.05) is 12.1 Å². The standard InChI is InChI=1S/C12H17F3N2O3/c1-20-10(18)17-11(19,12(13,14)15)7-9(16-17)8-5-3-2-4-6-8/h8,19H,2-7H2,1H3/t11-/m1/s1. The third kappa shape index (κ3) is 2.48. The Hall–Kier alpha value is -1.31. The summed E-state index contributed by atoms with van der Waals surface area (Å²) in [5.41, 5.74) is -3.07. The fourth-order valence-electron chi connectivity index (χ4n) is 2.73. The van der Waals surface area contributed by atoms with Crippen LogP contribution in [0, 0.1) is 5.92 Å². The first kappa shape index (κ1) is 15.1. The van der Waals surface area contributed by atoms with Crippen molar-refractivity contribution in [2.24, 2.45) is 11.0 Å². The molecule has 20 heavy (non-hydrogen) atoms. The summed E-state index contributed by atoms with van der Waals surface area (Å²) in [6.07, 6.45) is -2.62. The van der Waals surface area contributed by atoms with Crippen LogP contribution in [0.5, 0.6) is 0 Å². The van der Waals surface area contributed by atoms with Crippen molar-refractivity contribution in [3.05, 3.63) is 0 Å². The first-order chi connectivity index (χ1) is 9.29. The van der Waals surface area contributed by atoms with E-state index < -0.39 is 24.4 Å². The number of hydrazone groups is 1. The van der Waals surface area contributed by atoms with Crippen molar-refractivity contribution in [3.8, 4) is 0 Å². The molecule has 1 heterocycles. The fraction of sp³-hybridized carbons (Fsp3) is 0.833. The van der Waals surface area contributed by atoms with Crippen molar-refractivity contribution in [1.82, 2.24) is 5.01 Å². The van der Waals surface area contributed by atoms with Gasteiger partial charge < -0.3 is 9.84 Å². The van der Waals surface area contributed by atoms with Crippen molar-refractivity contribution in [2.75, 3.05) is 7.11 Å². The van der Waals surface area contributed by atoms with Crippen LogP contribution >= 0.6 is 0 Å². The Balaban J connectivity index is 2.27. The molecule has 1 aliphatic heterocycles. The number of ether oxygens (including phenoxy) is 1. The Bertz CT molecular complexity index is 419. The first-order valence-corrected chi connectivity index (χ1v) is 6.54.